The van der Waals surface area contributed by atoms with Gasteiger partial charge in [0.25, 0.3) is 0 Å². The standard InChI is InChI=1S/C19H19BrN4O2/c1-23(2)11-17-21-22-18(12-25)24(17)16-9-8-14(20)10-15(16)19(26)13-6-4-3-5-7-13/h3-10,25H,11-12H2,1-2H3. The van der Waals surface area contributed by atoms with Gasteiger partial charge in [-0.25, -0.2) is 0 Å². The molecule has 3 aromatic rings. The number of hydrogen-bond donors (Lipinski definition) is 1. The molecule has 134 valence electrons. The molecule has 0 amide bonds. The number of nitrogens with zero attached hydrogens (tertiary/aromatic N) is 4. The molecule has 7 heteroatoms. The van der Waals surface area contributed by atoms with Crippen LogP contribution in [0.2, 0.25) is 0 Å². The van der Waals surface area contributed by atoms with Gasteiger partial charge >= 0.3 is 0 Å². The number of carbonyl (C=O) groups excluding carboxylic acids is 1. The summed E-state index contributed by atoms with van der Waals surface area (Å²) in [6.07, 6.45) is 0. The van der Waals surface area contributed by atoms with E-state index in [9.17, 15) is 9.90 Å². The molecule has 6 nitrogen and oxygen atoms in total. The second-order valence-electron chi connectivity index (χ2n) is 6.12. The molecule has 0 saturated heterocycles. The van der Waals surface area contributed by atoms with Crippen LogP contribution in [0.15, 0.2) is 53.0 Å². The van der Waals surface area contributed by atoms with E-state index in [1.54, 1.807) is 22.8 Å². The van der Waals surface area contributed by atoms with Gasteiger partial charge in [-0.05, 0) is 32.3 Å². The molecule has 0 aliphatic carbocycles. The van der Waals surface area contributed by atoms with Crippen LogP contribution in [0, 0.1) is 0 Å². The maximum absolute atomic E-state index is 13.1. The number of hydrogen-bond acceptors (Lipinski definition) is 5. The van der Waals surface area contributed by atoms with Crippen molar-refractivity contribution in [3.63, 3.8) is 0 Å². The van der Waals surface area contributed by atoms with E-state index in [4.69, 9.17) is 0 Å². The van der Waals surface area contributed by atoms with Crippen molar-refractivity contribution >= 4 is 21.7 Å². The molecule has 3 rings (SSSR count). The molecule has 1 aromatic heterocycles. The van der Waals surface area contributed by atoms with Gasteiger partial charge in [0, 0.05) is 15.6 Å². The van der Waals surface area contributed by atoms with Crippen LogP contribution in [0.5, 0.6) is 0 Å². The second-order valence-corrected chi connectivity index (χ2v) is 7.04. The summed E-state index contributed by atoms with van der Waals surface area (Å²) in [6.45, 7) is 0.261. The molecule has 0 unspecified atom stereocenters. The Morgan fingerprint density at radius 1 is 1.12 bits per heavy atom. The van der Waals surface area contributed by atoms with E-state index in [0.29, 0.717) is 35.0 Å². The number of aromatic nitrogens is 3. The Labute approximate surface area is 160 Å². The van der Waals surface area contributed by atoms with E-state index in [-0.39, 0.29) is 12.4 Å². The van der Waals surface area contributed by atoms with Gasteiger partial charge in [0.05, 0.1) is 12.2 Å². The number of halogens is 1. The predicted octanol–water partition coefficient (Wildman–Crippen LogP) is 2.81. The molecule has 0 aliphatic heterocycles. The summed E-state index contributed by atoms with van der Waals surface area (Å²) in [5, 5.41) is 18.0. The zero-order valence-electron chi connectivity index (χ0n) is 14.6. The minimum Gasteiger partial charge on any atom is -0.388 e. The van der Waals surface area contributed by atoms with Gasteiger partial charge in [-0.15, -0.1) is 10.2 Å². The highest BCUT2D eigenvalue weighted by molar-refractivity contribution is 9.10. The fourth-order valence-corrected chi connectivity index (χ4v) is 3.11. The number of carbonyl (C=O) groups is 1. The third-order valence-corrected chi connectivity index (χ3v) is 4.37. The van der Waals surface area contributed by atoms with Crippen molar-refractivity contribution in [2.75, 3.05) is 14.1 Å². The highest BCUT2D eigenvalue weighted by atomic mass is 79.9. The third kappa shape index (κ3) is 3.75. The van der Waals surface area contributed by atoms with Crippen molar-refractivity contribution in [1.29, 1.82) is 0 Å². The van der Waals surface area contributed by atoms with E-state index in [1.807, 2.05) is 49.3 Å². The first-order chi connectivity index (χ1) is 12.5. The maximum Gasteiger partial charge on any atom is 0.195 e. The van der Waals surface area contributed by atoms with Crippen LogP contribution in [0.4, 0.5) is 0 Å². The van der Waals surface area contributed by atoms with Gasteiger partial charge in [0.15, 0.2) is 17.4 Å². The first kappa shape index (κ1) is 18.4. The molecule has 2 aromatic carbocycles. The topological polar surface area (TPSA) is 71.2 Å². The van der Waals surface area contributed by atoms with Crippen LogP contribution in [-0.2, 0) is 13.2 Å². The van der Waals surface area contributed by atoms with Gasteiger partial charge < -0.3 is 10.0 Å². The molecule has 0 atom stereocenters. The van der Waals surface area contributed by atoms with Crippen molar-refractivity contribution in [2.45, 2.75) is 13.2 Å². The van der Waals surface area contributed by atoms with E-state index in [0.717, 1.165) is 4.47 Å². The molecule has 0 bridgehead atoms. The summed E-state index contributed by atoms with van der Waals surface area (Å²) in [6, 6.07) is 14.6. The van der Waals surface area contributed by atoms with Crippen LogP contribution < -0.4 is 0 Å². The van der Waals surface area contributed by atoms with Crippen molar-refractivity contribution < 1.29 is 9.90 Å². The van der Waals surface area contributed by atoms with Crippen molar-refractivity contribution in [2.24, 2.45) is 0 Å². The van der Waals surface area contributed by atoms with Crippen LogP contribution >= 0.6 is 15.9 Å². The fraction of sp³-hybridized carbons (Fsp3) is 0.211. The Bertz CT molecular complexity index is 923. The van der Waals surface area contributed by atoms with Crippen molar-refractivity contribution in [3.05, 3.63) is 75.8 Å². The summed E-state index contributed by atoms with van der Waals surface area (Å²) in [5.41, 5.74) is 1.76. The Morgan fingerprint density at radius 3 is 2.46 bits per heavy atom. The Hall–Kier alpha value is -2.35. The first-order valence-corrected chi connectivity index (χ1v) is 8.89. The predicted molar refractivity (Wildman–Crippen MR) is 102 cm³/mol. The Kier molecular flexibility index (Phi) is 5.61. The molecule has 1 N–H and O–H groups in total. The van der Waals surface area contributed by atoms with Crippen molar-refractivity contribution in [1.82, 2.24) is 19.7 Å². The second kappa shape index (κ2) is 7.90. The maximum atomic E-state index is 13.1. The van der Waals surface area contributed by atoms with Gasteiger partial charge in [-0.3, -0.25) is 9.36 Å². The number of benzene rings is 2. The van der Waals surface area contributed by atoms with Crippen LogP contribution in [-0.4, -0.2) is 44.6 Å². The smallest absolute Gasteiger partial charge is 0.195 e. The first-order valence-electron chi connectivity index (χ1n) is 8.09. The van der Waals surface area contributed by atoms with E-state index < -0.39 is 0 Å². The highest BCUT2D eigenvalue weighted by Crippen LogP contribution is 2.25. The third-order valence-electron chi connectivity index (χ3n) is 3.88. The molecule has 0 fully saturated rings. The SMILES string of the molecule is CN(C)Cc1nnc(CO)n1-c1ccc(Br)cc1C(=O)c1ccccc1. The summed E-state index contributed by atoms with van der Waals surface area (Å²) in [4.78, 5) is 15.1. The molecule has 26 heavy (non-hydrogen) atoms. The average Bonchev–Trinajstić information content (AvgIpc) is 3.03. The summed E-state index contributed by atoms with van der Waals surface area (Å²) in [5.74, 6) is 0.949. The zero-order chi connectivity index (χ0) is 18.7. The number of aliphatic hydroxyl groups excluding tert-OH is 1. The Balaban J connectivity index is 2.18. The van der Waals surface area contributed by atoms with E-state index in [2.05, 4.69) is 26.1 Å². The Morgan fingerprint density at radius 2 is 1.81 bits per heavy atom. The summed E-state index contributed by atoms with van der Waals surface area (Å²) < 4.78 is 2.55. The number of aliphatic hydroxyl groups is 1. The molecule has 0 radical (unpaired) electrons. The molecule has 0 saturated carbocycles. The fourth-order valence-electron chi connectivity index (χ4n) is 2.75. The molecule has 0 aliphatic rings. The van der Waals surface area contributed by atoms with Crippen LogP contribution in [0.1, 0.15) is 27.6 Å². The average molecular weight is 415 g/mol. The molecular formula is C19H19BrN4O2. The van der Waals surface area contributed by atoms with Gasteiger partial charge in [0.2, 0.25) is 0 Å². The quantitative estimate of drug-likeness (QED) is 0.627. The molecular weight excluding hydrogens is 396 g/mol. The number of ketones is 1. The van der Waals surface area contributed by atoms with Gasteiger partial charge in [0.1, 0.15) is 6.61 Å². The monoisotopic (exact) mass is 414 g/mol. The normalized spacial score (nSPS) is 11.1. The lowest BCUT2D eigenvalue weighted by atomic mass is 10.0. The molecule has 1 heterocycles. The zero-order valence-corrected chi connectivity index (χ0v) is 16.1. The number of rotatable bonds is 6. The highest BCUT2D eigenvalue weighted by Gasteiger charge is 2.21. The van der Waals surface area contributed by atoms with Crippen LogP contribution in [0.25, 0.3) is 5.69 Å². The summed E-state index contributed by atoms with van der Waals surface area (Å²) in [7, 11) is 3.85. The lowest BCUT2D eigenvalue weighted by Gasteiger charge is -2.16. The lowest BCUT2D eigenvalue weighted by Crippen LogP contribution is -2.17. The summed E-state index contributed by atoms with van der Waals surface area (Å²) >= 11 is 3.44. The van der Waals surface area contributed by atoms with Crippen LogP contribution in [0.3, 0.4) is 0 Å². The largest absolute Gasteiger partial charge is 0.388 e. The minimum absolute atomic E-state index is 0.102. The van der Waals surface area contributed by atoms with E-state index in [1.165, 1.54) is 0 Å². The molecule has 0 spiro atoms. The lowest BCUT2D eigenvalue weighted by molar-refractivity contribution is 0.103. The minimum atomic E-state index is -0.268. The van der Waals surface area contributed by atoms with Gasteiger partial charge in [-0.1, -0.05) is 46.3 Å². The van der Waals surface area contributed by atoms with E-state index >= 15 is 0 Å². The van der Waals surface area contributed by atoms with Crippen molar-refractivity contribution in [3.8, 4) is 5.69 Å². The van der Waals surface area contributed by atoms with Gasteiger partial charge in [-0.2, -0.15) is 0 Å².